The van der Waals surface area contributed by atoms with Crippen LogP contribution in [0.25, 0.3) is 11.3 Å². The second kappa shape index (κ2) is 9.34. The molecule has 0 bridgehead atoms. The molecule has 144 valence electrons. The van der Waals surface area contributed by atoms with Crippen molar-refractivity contribution in [3.8, 4) is 17.0 Å². The Hall–Kier alpha value is -2.90. The van der Waals surface area contributed by atoms with Crippen molar-refractivity contribution in [3.63, 3.8) is 0 Å². The number of hydrogen-bond acceptors (Lipinski definition) is 5. The first-order valence-corrected chi connectivity index (χ1v) is 9.75. The normalized spacial score (nSPS) is 10.4. The van der Waals surface area contributed by atoms with Crippen LogP contribution in [-0.4, -0.2) is 30.5 Å². The first kappa shape index (κ1) is 19.9. The number of anilines is 1. The molecule has 0 unspecified atom stereocenters. The topological polar surface area (TPSA) is 80.3 Å². The minimum atomic E-state index is -0.311. The van der Waals surface area contributed by atoms with Gasteiger partial charge in [-0.3, -0.25) is 9.59 Å². The van der Waals surface area contributed by atoms with Crippen LogP contribution in [0, 0.1) is 0 Å². The summed E-state index contributed by atoms with van der Waals surface area (Å²) >= 11 is 7.33. The Morgan fingerprint density at radius 2 is 1.89 bits per heavy atom. The number of rotatable bonds is 7. The van der Waals surface area contributed by atoms with Gasteiger partial charge in [0.05, 0.1) is 23.4 Å². The lowest BCUT2D eigenvalue weighted by Crippen LogP contribution is -2.27. The van der Waals surface area contributed by atoms with E-state index in [2.05, 4.69) is 15.6 Å². The third-order valence-electron chi connectivity index (χ3n) is 3.89. The van der Waals surface area contributed by atoms with E-state index in [0.29, 0.717) is 15.7 Å². The van der Waals surface area contributed by atoms with Gasteiger partial charge in [0.2, 0.25) is 5.91 Å². The van der Waals surface area contributed by atoms with Gasteiger partial charge in [0.15, 0.2) is 5.13 Å². The number of thiazole rings is 1. The Labute approximate surface area is 171 Å². The lowest BCUT2D eigenvalue weighted by molar-refractivity contribution is -0.116. The molecule has 2 N–H and O–H groups in total. The number of nitrogens with zero attached hydrogens (tertiary/aromatic N) is 1. The standard InChI is InChI=1S/C20H18ClN3O3S/c1-27-14-8-6-13(7-9-14)17-12-28-20(23-17)24-18(25)10-11-22-19(26)15-4-2-3-5-16(15)21/h2-9,12H,10-11H2,1H3,(H,22,26)(H,23,24,25). The number of hydrogen-bond donors (Lipinski definition) is 2. The molecule has 0 aliphatic heterocycles. The van der Waals surface area contributed by atoms with Gasteiger partial charge in [-0.25, -0.2) is 4.98 Å². The van der Waals surface area contributed by atoms with E-state index in [9.17, 15) is 9.59 Å². The second-order valence-electron chi connectivity index (χ2n) is 5.80. The quantitative estimate of drug-likeness (QED) is 0.605. The van der Waals surface area contributed by atoms with E-state index in [1.54, 1.807) is 31.4 Å². The molecule has 0 saturated carbocycles. The van der Waals surface area contributed by atoms with E-state index in [4.69, 9.17) is 16.3 Å². The van der Waals surface area contributed by atoms with Crippen LogP contribution in [0.2, 0.25) is 5.02 Å². The van der Waals surface area contributed by atoms with Gasteiger partial charge in [-0.2, -0.15) is 0 Å². The summed E-state index contributed by atoms with van der Waals surface area (Å²) in [5.41, 5.74) is 2.09. The SMILES string of the molecule is COc1ccc(-c2csc(NC(=O)CCNC(=O)c3ccccc3Cl)n2)cc1. The smallest absolute Gasteiger partial charge is 0.252 e. The molecule has 2 aromatic carbocycles. The molecular weight excluding hydrogens is 398 g/mol. The first-order chi connectivity index (χ1) is 13.6. The molecule has 0 fully saturated rings. The molecule has 3 aromatic rings. The van der Waals surface area contributed by atoms with Crippen molar-refractivity contribution in [2.45, 2.75) is 6.42 Å². The molecular formula is C20H18ClN3O3S. The molecule has 0 saturated heterocycles. The Morgan fingerprint density at radius 3 is 2.61 bits per heavy atom. The Morgan fingerprint density at radius 1 is 1.14 bits per heavy atom. The third kappa shape index (κ3) is 5.09. The van der Waals surface area contributed by atoms with Crippen molar-refractivity contribution in [2.24, 2.45) is 0 Å². The second-order valence-corrected chi connectivity index (χ2v) is 7.07. The molecule has 0 aliphatic carbocycles. The van der Waals surface area contributed by atoms with Gasteiger partial charge in [0, 0.05) is 23.9 Å². The van der Waals surface area contributed by atoms with Gasteiger partial charge in [-0.15, -0.1) is 11.3 Å². The zero-order valence-corrected chi connectivity index (χ0v) is 16.6. The zero-order valence-electron chi connectivity index (χ0n) is 15.1. The predicted molar refractivity (Wildman–Crippen MR) is 111 cm³/mol. The monoisotopic (exact) mass is 415 g/mol. The maximum absolute atomic E-state index is 12.1. The summed E-state index contributed by atoms with van der Waals surface area (Å²) in [7, 11) is 1.61. The van der Waals surface area contributed by atoms with E-state index in [-0.39, 0.29) is 24.8 Å². The Balaban J connectivity index is 1.49. The van der Waals surface area contributed by atoms with E-state index in [1.165, 1.54) is 11.3 Å². The summed E-state index contributed by atoms with van der Waals surface area (Å²) < 4.78 is 5.14. The Kier molecular flexibility index (Phi) is 6.62. The molecule has 0 aliphatic rings. The largest absolute Gasteiger partial charge is 0.497 e. The molecule has 3 rings (SSSR count). The van der Waals surface area contributed by atoms with E-state index in [0.717, 1.165) is 17.0 Å². The molecule has 1 aromatic heterocycles. The summed E-state index contributed by atoms with van der Waals surface area (Å²) in [6.45, 7) is 0.201. The molecule has 0 radical (unpaired) electrons. The Bertz CT molecular complexity index is 973. The van der Waals surface area contributed by atoms with Crippen LogP contribution in [0.3, 0.4) is 0 Å². The number of halogens is 1. The fourth-order valence-electron chi connectivity index (χ4n) is 2.44. The van der Waals surface area contributed by atoms with E-state index in [1.807, 2.05) is 29.6 Å². The number of ether oxygens (including phenoxy) is 1. The summed E-state index contributed by atoms with van der Waals surface area (Å²) in [5.74, 6) is 0.232. The molecule has 28 heavy (non-hydrogen) atoms. The molecule has 0 spiro atoms. The summed E-state index contributed by atoms with van der Waals surface area (Å²) in [5, 5.41) is 8.18. The lowest BCUT2D eigenvalue weighted by atomic mass is 10.2. The third-order valence-corrected chi connectivity index (χ3v) is 4.98. The molecule has 1 heterocycles. The van der Waals surface area contributed by atoms with Crippen LogP contribution in [0.1, 0.15) is 16.8 Å². The van der Waals surface area contributed by atoms with Crippen LogP contribution in [0.5, 0.6) is 5.75 Å². The highest BCUT2D eigenvalue weighted by molar-refractivity contribution is 7.14. The maximum atomic E-state index is 12.1. The number of aromatic nitrogens is 1. The average molecular weight is 416 g/mol. The highest BCUT2D eigenvalue weighted by atomic mass is 35.5. The molecule has 2 amide bonds. The highest BCUT2D eigenvalue weighted by Gasteiger charge is 2.11. The lowest BCUT2D eigenvalue weighted by Gasteiger charge is -2.06. The number of amides is 2. The molecule has 6 nitrogen and oxygen atoms in total. The number of carbonyl (C=O) groups excluding carboxylic acids is 2. The van der Waals surface area contributed by atoms with Crippen molar-refractivity contribution in [2.75, 3.05) is 19.0 Å². The van der Waals surface area contributed by atoms with E-state index < -0.39 is 0 Å². The fourth-order valence-corrected chi connectivity index (χ4v) is 3.39. The minimum Gasteiger partial charge on any atom is -0.497 e. The van der Waals surface area contributed by atoms with Crippen molar-refractivity contribution in [1.82, 2.24) is 10.3 Å². The van der Waals surface area contributed by atoms with Crippen molar-refractivity contribution >= 4 is 39.9 Å². The van der Waals surface area contributed by atoms with Crippen molar-refractivity contribution in [1.29, 1.82) is 0 Å². The summed E-state index contributed by atoms with van der Waals surface area (Å²) in [6.07, 6.45) is 0.133. The van der Waals surface area contributed by atoms with Gasteiger partial charge in [-0.05, 0) is 36.4 Å². The minimum absolute atomic E-state index is 0.133. The maximum Gasteiger partial charge on any atom is 0.252 e. The number of methoxy groups -OCH3 is 1. The molecule has 0 atom stereocenters. The predicted octanol–water partition coefficient (Wildman–Crippen LogP) is 4.23. The fraction of sp³-hybridized carbons (Fsp3) is 0.150. The van der Waals surface area contributed by atoms with Crippen LogP contribution in [0.15, 0.2) is 53.9 Å². The van der Waals surface area contributed by atoms with Crippen molar-refractivity contribution in [3.05, 3.63) is 64.5 Å². The summed E-state index contributed by atoms with van der Waals surface area (Å²) in [4.78, 5) is 28.6. The summed E-state index contributed by atoms with van der Waals surface area (Å²) in [6, 6.07) is 14.3. The van der Waals surface area contributed by atoms with Gasteiger partial charge < -0.3 is 15.4 Å². The zero-order chi connectivity index (χ0) is 19.9. The molecule has 8 heteroatoms. The van der Waals surface area contributed by atoms with Crippen LogP contribution >= 0.6 is 22.9 Å². The van der Waals surface area contributed by atoms with Gasteiger partial charge in [0.25, 0.3) is 5.91 Å². The van der Waals surface area contributed by atoms with Crippen LogP contribution in [0.4, 0.5) is 5.13 Å². The van der Waals surface area contributed by atoms with Crippen LogP contribution in [-0.2, 0) is 4.79 Å². The number of benzene rings is 2. The van der Waals surface area contributed by atoms with Gasteiger partial charge in [-0.1, -0.05) is 23.7 Å². The first-order valence-electron chi connectivity index (χ1n) is 8.49. The van der Waals surface area contributed by atoms with Gasteiger partial charge in [0.1, 0.15) is 5.75 Å². The van der Waals surface area contributed by atoms with Crippen molar-refractivity contribution < 1.29 is 14.3 Å². The number of carbonyl (C=O) groups is 2. The highest BCUT2D eigenvalue weighted by Crippen LogP contribution is 2.26. The van der Waals surface area contributed by atoms with Crippen LogP contribution < -0.4 is 15.4 Å². The van der Waals surface area contributed by atoms with E-state index >= 15 is 0 Å². The van der Waals surface area contributed by atoms with Gasteiger partial charge >= 0.3 is 0 Å². The number of nitrogens with one attached hydrogen (secondary N) is 2. The average Bonchev–Trinajstić information content (AvgIpc) is 3.16.